The minimum atomic E-state index is -0.264. The van der Waals surface area contributed by atoms with Crippen LogP contribution in [0.2, 0.25) is 0 Å². The molecule has 1 saturated carbocycles. The normalized spacial score (nSPS) is 15.1. The first-order chi connectivity index (χ1) is 10.0. The van der Waals surface area contributed by atoms with Crippen molar-refractivity contribution in [2.45, 2.75) is 45.4 Å². The second-order valence-electron chi connectivity index (χ2n) is 5.81. The maximum absolute atomic E-state index is 12.0. The molecule has 1 fully saturated rings. The minimum absolute atomic E-state index is 0.0217. The zero-order valence-corrected chi connectivity index (χ0v) is 12.7. The number of hydrogen-bond donors (Lipinski definition) is 1. The van der Waals surface area contributed by atoms with Crippen molar-refractivity contribution in [2.75, 3.05) is 18.9 Å². The third kappa shape index (κ3) is 4.88. The quantitative estimate of drug-likeness (QED) is 0.873. The summed E-state index contributed by atoms with van der Waals surface area (Å²) in [5, 5.41) is 6.29. The summed E-state index contributed by atoms with van der Waals surface area (Å²) in [6, 6.07) is 1.64. The van der Waals surface area contributed by atoms with Crippen LogP contribution in [0.15, 0.2) is 10.6 Å². The Hall–Kier alpha value is -1.85. The molecule has 1 N–H and O–H groups in total. The van der Waals surface area contributed by atoms with E-state index in [1.54, 1.807) is 20.0 Å². The monoisotopic (exact) mass is 293 g/mol. The van der Waals surface area contributed by atoms with Crippen molar-refractivity contribution in [2.24, 2.45) is 5.92 Å². The predicted octanol–water partition coefficient (Wildman–Crippen LogP) is 2.35. The molecule has 0 atom stereocenters. The standard InChI is InChI=1S/C15H23N3O3/c1-11-9-13(17-21-11)16-14(19)10-18(2)15(20)8-7-12-5-3-4-6-12/h9,12H,3-8,10H2,1-2H3,(H,16,17,19). The molecule has 6 nitrogen and oxygen atoms in total. The third-order valence-electron chi connectivity index (χ3n) is 3.94. The third-order valence-corrected chi connectivity index (χ3v) is 3.94. The predicted molar refractivity (Wildman–Crippen MR) is 78.7 cm³/mol. The molecule has 1 aromatic rings. The van der Waals surface area contributed by atoms with E-state index in [2.05, 4.69) is 10.5 Å². The summed E-state index contributed by atoms with van der Waals surface area (Å²) < 4.78 is 4.87. The van der Waals surface area contributed by atoms with Crippen LogP contribution >= 0.6 is 0 Å². The molecule has 2 rings (SSSR count). The van der Waals surface area contributed by atoms with Gasteiger partial charge in [0.15, 0.2) is 5.82 Å². The highest BCUT2D eigenvalue weighted by Gasteiger charge is 2.19. The van der Waals surface area contributed by atoms with Gasteiger partial charge in [-0.3, -0.25) is 9.59 Å². The van der Waals surface area contributed by atoms with E-state index in [0.29, 0.717) is 23.9 Å². The van der Waals surface area contributed by atoms with E-state index < -0.39 is 0 Å². The van der Waals surface area contributed by atoms with E-state index in [4.69, 9.17) is 4.52 Å². The van der Waals surface area contributed by atoms with Crippen LogP contribution in [0.5, 0.6) is 0 Å². The van der Waals surface area contributed by atoms with Crippen molar-refractivity contribution in [1.29, 1.82) is 0 Å². The van der Waals surface area contributed by atoms with Crippen LogP contribution < -0.4 is 5.32 Å². The molecule has 1 aromatic heterocycles. The van der Waals surface area contributed by atoms with Crippen LogP contribution in [0.25, 0.3) is 0 Å². The minimum Gasteiger partial charge on any atom is -0.360 e. The molecule has 0 bridgehead atoms. The molecule has 0 unspecified atom stereocenters. The lowest BCUT2D eigenvalue weighted by Crippen LogP contribution is -2.35. The van der Waals surface area contributed by atoms with Gasteiger partial charge in [0.2, 0.25) is 11.8 Å². The van der Waals surface area contributed by atoms with Gasteiger partial charge in [-0.25, -0.2) is 0 Å². The molecule has 0 aromatic carbocycles. The first-order valence-corrected chi connectivity index (χ1v) is 7.51. The van der Waals surface area contributed by atoms with Crippen LogP contribution in [0.3, 0.4) is 0 Å². The first kappa shape index (κ1) is 15.5. The maximum atomic E-state index is 12.0. The number of nitrogens with one attached hydrogen (secondary N) is 1. The van der Waals surface area contributed by atoms with Crippen LogP contribution in [-0.4, -0.2) is 35.5 Å². The van der Waals surface area contributed by atoms with E-state index in [1.165, 1.54) is 30.6 Å². The Bertz CT molecular complexity index is 492. The van der Waals surface area contributed by atoms with Gasteiger partial charge in [-0.05, 0) is 19.3 Å². The molecule has 0 spiro atoms. The molecule has 1 aliphatic rings. The summed E-state index contributed by atoms with van der Waals surface area (Å²) in [6.07, 6.45) is 6.51. The van der Waals surface area contributed by atoms with Gasteiger partial charge in [0, 0.05) is 19.5 Å². The fraction of sp³-hybridized carbons (Fsp3) is 0.667. The molecule has 0 saturated heterocycles. The number of hydrogen-bond acceptors (Lipinski definition) is 4. The average Bonchev–Trinajstić information content (AvgIpc) is 3.07. The van der Waals surface area contributed by atoms with Gasteiger partial charge in [-0.2, -0.15) is 0 Å². The summed E-state index contributed by atoms with van der Waals surface area (Å²) in [7, 11) is 1.66. The maximum Gasteiger partial charge on any atom is 0.245 e. The van der Waals surface area contributed by atoms with Crippen LogP contribution in [0, 0.1) is 12.8 Å². The Morgan fingerprint density at radius 1 is 1.43 bits per heavy atom. The molecule has 116 valence electrons. The SMILES string of the molecule is Cc1cc(NC(=O)CN(C)C(=O)CCC2CCCC2)no1. The number of carbonyl (C=O) groups excluding carboxylic acids is 2. The van der Waals surface area contributed by atoms with Crippen molar-refractivity contribution in [3.63, 3.8) is 0 Å². The van der Waals surface area contributed by atoms with E-state index in [-0.39, 0.29) is 18.4 Å². The first-order valence-electron chi connectivity index (χ1n) is 7.51. The van der Waals surface area contributed by atoms with E-state index in [9.17, 15) is 9.59 Å². The fourth-order valence-electron chi connectivity index (χ4n) is 2.73. The Morgan fingerprint density at radius 2 is 2.14 bits per heavy atom. The zero-order chi connectivity index (χ0) is 15.2. The largest absolute Gasteiger partial charge is 0.360 e. The molecule has 0 radical (unpaired) electrons. The molecule has 6 heteroatoms. The Kier molecular flexibility index (Phi) is 5.36. The Morgan fingerprint density at radius 3 is 2.76 bits per heavy atom. The number of aromatic nitrogens is 1. The molecular weight excluding hydrogens is 270 g/mol. The molecule has 2 amide bonds. The lowest BCUT2D eigenvalue weighted by atomic mass is 10.0. The van der Waals surface area contributed by atoms with Crippen molar-refractivity contribution >= 4 is 17.6 Å². The van der Waals surface area contributed by atoms with Gasteiger partial charge < -0.3 is 14.7 Å². The highest BCUT2D eigenvalue weighted by atomic mass is 16.5. The van der Waals surface area contributed by atoms with Gasteiger partial charge in [-0.15, -0.1) is 0 Å². The topological polar surface area (TPSA) is 75.4 Å². The van der Waals surface area contributed by atoms with Crippen molar-refractivity contribution in [3.8, 4) is 0 Å². The number of rotatable bonds is 6. The Balaban J connectivity index is 1.70. The lowest BCUT2D eigenvalue weighted by molar-refractivity contribution is -0.133. The van der Waals surface area contributed by atoms with E-state index in [1.807, 2.05) is 0 Å². The highest BCUT2D eigenvalue weighted by Crippen LogP contribution is 2.28. The summed E-state index contributed by atoms with van der Waals surface area (Å²) in [5.74, 6) is 1.46. The van der Waals surface area contributed by atoms with E-state index >= 15 is 0 Å². The molecule has 1 aliphatic carbocycles. The number of carbonyl (C=O) groups is 2. The van der Waals surface area contributed by atoms with Gasteiger partial charge in [-0.1, -0.05) is 30.8 Å². The Labute approximate surface area is 124 Å². The van der Waals surface area contributed by atoms with E-state index in [0.717, 1.165) is 6.42 Å². The lowest BCUT2D eigenvalue weighted by Gasteiger charge is -2.17. The van der Waals surface area contributed by atoms with Gasteiger partial charge in [0.1, 0.15) is 5.76 Å². The van der Waals surface area contributed by atoms with Crippen molar-refractivity contribution in [3.05, 3.63) is 11.8 Å². The summed E-state index contributed by atoms with van der Waals surface area (Å²) in [4.78, 5) is 25.3. The van der Waals surface area contributed by atoms with Crippen LogP contribution in [0.1, 0.15) is 44.3 Å². The second kappa shape index (κ2) is 7.24. The number of aryl methyl sites for hydroxylation is 1. The van der Waals surface area contributed by atoms with Gasteiger partial charge in [0.05, 0.1) is 6.54 Å². The summed E-state index contributed by atoms with van der Waals surface area (Å²) in [5.41, 5.74) is 0. The van der Waals surface area contributed by atoms with Crippen LogP contribution in [0.4, 0.5) is 5.82 Å². The number of amides is 2. The number of likely N-dealkylation sites (N-methyl/N-ethyl adjacent to an activating group) is 1. The van der Waals surface area contributed by atoms with Crippen LogP contribution in [-0.2, 0) is 9.59 Å². The molecule has 0 aliphatic heterocycles. The molecule has 21 heavy (non-hydrogen) atoms. The number of nitrogens with zero attached hydrogens (tertiary/aromatic N) is 2. The fourth-order valence-corrected chi connectivity index (χ4v) is 2.73. The second-order valence-corrected chi connectivity index (χ2v) is 5.81. The average molecular weight is 293 g/mol. The number of anilines is 1. The molecular formula is C15H23N3O3. The summed E-state index contributed by atoms with van der Waals surface area (Å²) in [6.45, 7) is 1.79. The van der Waals surface area contributed by atoms with Crippen molar-refractivity contribution < 1.29 is 14.1 Å². The van der Waals surface area contributed by atoms with Gasteiger partial charge in [0.25, 0.3) is 0 Å². The van der Waals surface area contributed by atoms with Crippen molar-refractivity contribution in [1.82, 2.24) is 10.1 Å². The van der Waals surface area contributed by atoms with Gasteiger partial charge >= 0.3 is 0 Å². The zero-order valence-electron chi connectivity index (χ0n) is 12.7. The molecule has 1 heterocycles. The summed E-state index contributed by atoms with van der Waals surface area (Å²) >= 11 is 0. The smallest absolute Gasteiger partial charge is 0.245 e. The highest BCUT2D eigenvalue weighted by molar-refractivity contribution is 5.93.